The molecule has 0 bridgehead atoms. The van der Waals surface area contributed by atoms with Crippen LogP contribution in [0.4, 0.5) is 11.4 Å². The van der Waals surface area contributed by atoms with Crippen molar-refractivity contribution in [2.24, 2.45) is 5.10 Å². The molecule has 0 atom stereocenters. The fourth-order valence-corrected chi connectivity index (χ4v) is 6.11. The zero-order chi connectivity index (χ0) is 34.7. The molecule has 0 aliphatic carbocycles. The summed E-state index contributed by atoms with van der Waals surface area (Å²) in [6.45, 7) is 7.14. The van der Waals surface area contributed by atoms with Crippen molar-refractivity contribution in [1.82, 2.24) is 0 Å². The van der Waals surface area contributed by atoms with Gasteiger partial charge in [-0.25, -0.2) is 4.90 Å². The smallest absolute Gasteiger partial charge is 0.265 e. The van der Waals surface area contributed by atoms with Crippen molar-refractivity contribution in [3.8, 4) is 11.5 Å². The van der Waals surface area contributed by atoms with Gasteiger partial charge in [0.05, 0.1) is 24.2 Å². The minimum absolute atomic E-state index is 0.360. The Hall–Kier alpha value is -5.69. The van der Waals surface area contributed by atoms with Gasteiger partial charge in [-0.3, -0.25) is 15.0 Å². The van der Waals surface area contributed by atoms with Crippen LogP contribution in [0.15, 0.2) is 115 Å². The molecule has 0 aromatic heterocycles. The monoisotopic (exact) mass is 665 g/mol. The average molecular weight is 666 g/mol. The molecule has 254 valence electrons. The van der Waals surface area contributed by atoms with Crippen LogP contribution >= 0.6 is 0 Å². The normalized spacial score (nSPS) is 12.5. The molecule has 7 heteroatoms. The molecule has 1 N–H and O–H groups in total. The van der Waals surface area contributed by atoms with Crippen LogP contribution in [0, 0.1) is 0 Å². The number of nitrogens with zero attached hydrogens (tertiary/aromatic N) is 2. The first-order chi connectivity index (χ1) is 24.6. The number of hydrogen-bond donors (Lipinski definition) is 1. The molecule has 0 unspecified atom stereocenters. The lowest BCUT2D eigenvalue weighted by atomic mass is 9.93. The molecule has 2 amide bonds. The van der Waals surface area contributed by atoms with Crippen molar-refractivity contribution in [2.75, 3.05) is 16.9 Å². The zero-order valence-corrected chi connectivity index (χ0v) is 28.6. The number of rotatable bonds is 17. The van der Waals surface area contributed by atoms with Crippen LogP contribution in [0.2, 0.25) is 0 Å². The largest absolute Gasteiger partial charge is 0.494 e. The van der Waals surface area contributed by atoms with Gasteiger partial charge in [0.15, 0.2) is 0 Å². The van der Waals surface area contributed by atoms with Crippen molar-refractivity contribution in [3.63, 3.8) is 0 Å². The molecule has 0 fully saturated rings. The number of nitrogens with one attached hydrogen (secondary N) is 1. The molecule has 0 spiro atoms. The Balaban J connectivity index is 1.07. The van der Waals surface area contributed by atoms with E-state index in [0.717, 1.165) is 46.4 Å². The Bertz CT molecular complexity index is 1940. The number of anilines is 2. The molecule has 5 aromatic rings. The zero-order valence-electron chi connectivity index (χ0n) is 28.6. The maximum absolute atomic E-state index is 13.7. The van der Waals surface area contributed by atoms with Gasteiger partial charge in [-0.2, -0.15) is 5.10 Å². The number of hydrazone groups is 1. The van der Waals surface area contributed by atoms with Crippen LogP contribution < -0.4 is 19.8 Å². The summed E-state index contributed by atoms with van der Waals surface area (Å²) in [7, 11) is 0. The predicted molar refractivity (Wildman–Crippen MR) is 204 cm³/mol. The number of unbranched alkanes of at least 4 members (excludes halogenated alkanes) is 6. The van der Waals surface area contributed by atoms with Gasteiger partial charge < -0.3 is 9.47 Å². The molecule has 6 rings (SSSR count). The Morgan fingerprint density at radius 3 is 2.06 bits per heavy atom. The van der Waals surface area contributed by atoms with Crippen LogP contribution in [0.3, 0.4) is 0 Å². The van der Waals surface area contributed by atoms with E-state index >= 15 is 0 Å². The summed E-state index contributed by atoms with van der Waals surface area (Å²) >= 11 is 0. The van der Waals surface area contributed by atoms with Gasteiger partial charge in [-0.15, -0.1) is 0 Å². The third kappa shape index (κ3) is 8.12. The summed E-state index contributed by atoms with van der Waals surface area (Å²) in [6, 6.07) is 32.0. The van der Waals surface area contributed by atoms with Gasteiger partial charge in [0.1, 0.15) is 18.1 Å². The highest BCUT2D eigenvalue weighted by Crippen LogP contribution is 2.36. The highest BCUT2D eigenvalue weighted by molar-refractivity contribution is 6.36. The van der Waals surface area contributed by atoms with E-state index in [1.165, 1.54) is 37.0 Å². The molecular formula is C43H43N3O4. The first-order valence-electron chi connectivity index (χ1n) is 17.5. The van der Waals surface area contributed by atoms with E-state index in [4.69, 9.17) is 9.47 Å². The Morgan fingerprint density at radius 1 is 0.700 bits per heavy atom. The molecular weight excluding hydrogens is 622 g/mol. The van der Waals surface area contributed by atoms with Crippen molar-refractivity contribution < 1.29 is 19.1 Å². The Morgan fingerprint density at radius 2 is 1.34 bits per heavy atom. The number of carbonyl (C=O) groups is 2. The van der Waals surface area contributed by atoms with Crippen LogP contribution in [0.5, 0.6) is 11.5 Å². The van der Waals surface area contributed by atoms with E-state index in [1.54, 1.807) is 30.5 Å². The van der Waals surface area contributed by atoms with E-state index in [-0.39, 0.29) is 11.8 Å². The van der Waals surface area contributed by atoms with Crippen LogP contribution in [-0.4, -0.2) is 24.6 Å². The van der Waals surface area contributed by atoms with Gasteiger partial charge >= 0.3 is 0 Å². The average Bonchev–Trinajstić information content (AvgIpc) is 3.15. The van der Waals surface area contributed by atoms with Gasteiger partial charge in [0.25, 0.3) is 11.8 Å². The van der Waals surface area contributed by atoms with E-state index in [9.17, 15) is 9.59 Å². The SMILES string of the molecule is C=Cc1ccc(COc2ccc(/C=N/Nc3ccc4c5c(cccc35)C(=O)N(c3ccc(OCCCCCCCCC)cc3)C4=O)cc2)cc1. The minimum Gasteiger partial charge on any atom is -0.494 e. The lowest BCUT2D eigenvalue weighted by Crippen LogP contribution is -2.40. The summed E-state index contributed by atoms with van der Waals surface area (Å²) < 4.78 is 11.9. The molecule has 0 radical (unpaired) electrons. The molecule has 5 aromatic carbocycles. The highest BCUT2D eigenvalue weighted by atomic mass is 16.5. The second kappa shape index (κ2) is 16.6. The third-order valence-electron chi connectivity index (χ3n) is 8.92. The van der Waals surface area contributed by atoms with Gasteiger partial charge in [0.2, 0.25) is 0 Å². The fourth-order valence-electron chi connectivity index (χ4n) is 6.11. The van der Waals surface area contributed by atoms with E-state index in [2.05, 4.69) is 24.0 Å². The van der Waals surface area contributed by atoms with E-state index in [0.29, 0.717) is 41.1 Å². The number of amides is 2. The fraction of sp³-hybridized carbons (Fsp3) is 0.233. The van der Waals surface area contributed by atoms with Crippen LogP contribution in [0.1, 0.15) is 89.3 Å². The van der Waals surface area contributed by atoms with Gasteiger partial charge in [-0.05, 0) is 89.8 Å². The number of hydrogen-bond acceptors (Lipinski definition) is 6. The molecule has 1 aliphatic heterocycles. The molecule has 50 heavy (non-hydrogen) atoms. The lowest BCUT2D eigenvalue weighted by molar-refractivity contribution is 0.0893. The van der Waals surface area contributed by atoms with Crippen LogP contribution in [0.25, 0.3) is 16.8 Å². The quantitative estimate of drug-likeness (QED) is 0.0463. The van der Waals surface area contributed by atoms with Crippen molar-refractivity contribution in [2.45, 2.75) is 58.5 Å². The second-order valence-corrected chi connectivity index (χ2v) is 12.5. The highest BCUT2D eigenvalue weighted by Gasteiger charge is 2.34. The lowest BCUT2D eigenvalue weighted by Gasteiger charge is -2.27. The number of imide groups is 1. The minimum atomic E-state index is -0.360. The molecule has 1 aliphatic rings. The molecule has 7 nitrogen and oxygen atoms in total. The summed E-state index contributed by atoms with van der Waals surface area (Å²) in [5.74, 6) is 0.770. The number of carbonyl (C=O) groups excluding carboxylic acids is 2. The van der Waals surface area contributed by atoms with Crippen molar-refractivity contribution >= 4 is 46.3 Å². The molecule has 0 saturated heterocycles. The molecule has 1 heterocycles. The Labute approximate surface area is 294 Å². The standard InChI is InChI=1S/C43H43N3O4/c1-3-5-6-7-8-9-10-28-49-35-24-20-34(21-25-35)46-42(47)38-13-11-12-37-40(27-26-39(41(37)38)43(46)48)45-44-29-32-18-22-36(23-19-32)50-30-33-16-14-31(4-2)15-17-33/h4,11-27,29,45H,2-3,5-10,28,30H2,1H3/b44-29+. The van der Waals surface area contributed by atoms with E-state index in [1.807, 2.05) is 84.9 Å². The molecule has 0 saturated carbocycles. The van der Waals surface area contributed by atoms with Crippen molar-refractivity contribution in [1.29, 1.82) is 0 Å². The maximum atomic E-state index is 13.7. The third-order valence-corrected chi connectivity index (χ3v) is 8.92. The number of benzene rings is 5. The second-order valence-electron chi connectivity index (χ2n) is 12.5. The first kappa shape index (κ1) is 34.2. The van der Waals surface area contributed by atoms with Gasteiger partial charge in [-0.1, -0.05) is 94.5 Å². The van der Waals surface area contributed by atoms with E-state index < -0.39 is 0 Å². The summed E-state index contributed by atoms with van der Waals surface area (Å²) in [4.78, 5) is 28.7. The van der Waals surface area contributed by atoms with Gasteiger partial charge in [0, 0.05) is 21.9 Å². The predicted octanol–water partition coefficient (Wildman–Crippen LogP) is 10.4. The topological polar surface area (TPSA) is 80.2 Å². The number of ether oxygens (including phenoxy) is 2. The summed E-state index contributed by atoms with van der Waals surface area (Å²) in [5.41, 5.74) is 8.29. The Kier molecular flexibility index (Phi) is 11.4. The summed E-state index contributed by atoms with van der Waals surface area (Å²) in [6.07, 6.45) is 12.1. The van der Waals surface area contributed by atoms with Crippen LogP contribution in [-0.2, 0) is 6.61 Å². The maximum Gasteiger partial charge on any atom is 0.265 e. The summed E-state index contributed by atoms with van der Waals surface area (Å²) in [5, 5.41) is 5.81. The first-order valence-corrected chi connectivity index (χ1v) is 17.5. The van der Waals surface area contributed by atoms with Crippen molar-refractivity contribution in [3.05, 3.63) is 138 Å².